The highest BCUT2D eigenvalue weighted by Gasteiger charge is 2.54. The van der Waals surface area contributed by atoms with E-state index in [0.717, 1.165) is 32.2 Å². The molecule has 1 atom stereocenters. The number of nitrogens with zero attached hydrogens (tertiary/aromatic N) is 1. The monoisotopic (exact) mass is 301 g/mol. The molecular formula is C17H23N3O2. The summed E-state index contributed by atoms with van der Waals surface area (Å²) in [5.41, 5.74) is 5.80. The standard InChI is InChI=1S/C17H23N3O2/c18-16(22)19-17(10-11-17)15(21)20-12-4-7-14(20)9-8-13-5-2-1-3-6-13/h1-3,5-6,14H,4,7-12H2,(H3,18,19,22). The van der Waals surface area contributed by atoms with E-state index >= 15 is 0 Å². The molecule has 2 aliphatic rings. The Kier molecular flexibility index (Phi) is 4.05. The zero-order valence-electron chi connectivity index (χ0n) is 12.8. The van der Waals surface area contributed by atoms with E-state index in [0.29, 0.717) is 12.8 Å². The third-order valence-corrected chi connectivity index (χ3v) is 4.77. The van der Waals surface area contributed by atoms with Gasteiger partial charge in [0.2, 0.25) is 5.91 Å². The van der Waals surface area contributed by atoms with Crippen molar-refractivity contribution in [1.82, 2.24) is 10.2 Å². The first-order valence-electron chi connectivity index (χ1n) is 8.03. The molecule has 1 aliphatic heterocycles. The Morgan fingerprint density at radius 2 is 2.00 bits per heavy atom. The summed E-state index contributed by atoms with van der Waals surface area (Å²) in [5, 5.41) is 2.65. The molecule has 0 bridgehead atoms. The lowest BCUT2D eigenvalue weighted by atomic mass is 10.0. The zero-order chi connectivity index (χ0) is 15.6. The molecule has 3 rings (SSSR count). The Balaban J connectivity index is 1.61. The van der Waals surface area contributed by atoms with Crippen LogP contribution in [0.25, 0.3) is 0 Å². The smallest absolute Gasteiger partial charge is 0.313 e. The first-order valence-corrected chi connectivity index (χ1v) is 8.03. The van der Waals surface area contributed by atoms with E-state index in [2.05, 4.69) is 17.4 Å². The molecule has 1 aliphatic carbocycles. The van der Waals surface area contributed by atoms with Crippen LogP contribution in [-0.2, 0) is 11.2 Å². The number of amides is 3. The van der Waals surface area contributed by atoms with Crippen molar-refractivity contribution >= 4 is 11.9 Å². The molecule has 2 fully saturated rings. The van der Waals surface area contributed by atoms with Crippen molar-refractivity contribution in [2.24, 2.45) is 5.73 Å². The van der Waals surface area contributed by atoms with Gasteiger partial charge in [0, 0.05) is 12.6 Å². The highest BCUT2D eigenvalue weighted by atomic mass is 16.2. The molecule has 1 aromatic rings. The van der Waals surface area contributed by atoms with Crippen LogP contribution in [0.5, 0.6) is 0 Å². The maximum Gasteiger partial charge on any atom is 0.313 e. The largest absolute Gasteiger partial charge is 0.352 e. The van der Waals surface area contributed by atoms with Gasteiger partial charge in [-0.3, -0.25) is 4.79 Å². The number of carbonyl (C=O) groups excluding carboxylic acids is 2. The van der Waals surface area contributed by atoms with Crippen molar-refractivity contribution in [1.29, 1.82) is 0 Å². The van der Waals surface area contributed by atoms with Crippen LogP contribution in [-0.4, -0.2) is 35.0 Å². The Bertz CT molecular complexity index is 554. The number of benzene rings is 1. The van der Waals surface area contributed by atoms with E-state index in [9.17, 15) is 9.59 Å². The second kappa shape index (κ2) is 5.99. The van der Waals surface area contributed by atoms with Crippen LogP contribution in [0.15, 0.2) is 30.3 Å². The lowest BCUT2D eigenvalue weighted by Gasteiger charge is -2.29. The number of urea groups is 1. The van der Waals surface area contributed by atoms with Gasteiger partial charge in [0.15, 0.2) is 0 Å². The van der Waals surface area contributed by atoms with E-state index in [-0.39, 0.29) is 11.9 Å². The number of primary amides is 1. The average molecular weight is 301 g/mol. The number of aryl methyl sites for hydroxylation is 1. The summed E-state index contributed by atoms with van der Waals surface area (Å²) < 4.78 is 0. The molecule has 1 aromatic carbocycles. The number of nitrogens with two attached hydrogens (primary N) is 1. The summed E-state index contributed by atoms with van der Waals surface area (Å²) in [5.74, 6) is 0.0573. The van der Waals surface area contributed by atoms with Gasteiger partial charge >= 0.3 is 6.03 Å². The fourth-order valence-corrected chi connectivity index (χ4v) is 3.41. The minimum Gasteiger partial charge on any atom is -0.352 e. The average Bonchev–Trinajstić information content (AvgIpc) is 3.13. The summed E-state index contributed by atoms with van der Waals surface area (Å²) in [6, 6.07) is 10.0. The van der Waals surface area contributed by atoms with Crippen LogP contribution >= 0.6 is 0 Å². The first kappa shape index (κ1) is 14.9. The fourth-order valence-electron chi connectivity index (χ4n) is 3.41. The second-order valence-electron chi connectivity index (χ2n) is 6.39. The van der Waals surface area contributed by atoms with Crippen molar-refractivity contribution in [2.75, 3.05) is 6.54 Å². The molecule has 3 N–H and O–H groups in total. The SMILES string of the molecule is NC(=O)NC1(C(=O)N2CCCC2CCc2ccccc2)CC1. The summed E-state index contributed by atoms with van der Waals surface area (Å²) in [6.07, 6.45) is 5.45. The van der Waals surface area contributed by atoms with Gasteiger partial charge in [-0.15, -0.1) is 0 Å². The number of carbonyl (C=O) groups is 2. The van der Waals surface area contributed by atoms with E-state index in [4.69, 9.17) is 5.73 Å². The molecular weight excluding hydrogens is 278 g/mol. The molecule has 22 heavy (non-hydrogen) atoms. The quantitative estimate of drug-likeness (QED) is 0.870. The van der Waals surface area contributed by atoms with Gasteiger partial charge < -0.3 is 16.0 Å². The molecule has 1 saturated heterocycles. The van der Waals surface area contributed by atoms with Gasteiger partial charge in [-0.25, -0.2) is 4.79 Å². The van der Waals surface area contributed by atoms with E-state index < -0.39 is 11.6 Å². The van der Waals surface area contributed by atoms with Crippen molar-refractivity contribution in [2.45, 2.75) is 50.1 Å². The van der Waals surface area contributed by atoms with Crippen LogP contribution in [0, 0.1) is 0 Å². The van der Waals surface area contributed by atoms with Gasteiger partial charge in [-0.05, 0) is 44.1 Å². The van der Waals surface area contributed by atoms with E-state index in [1.165, 1.54) is 5.56 Å². The maximum atomic E-state index is 12.7. The third-order valence-electron chi connectivity index (χ3n) is 4.77. The number of rotatable bonds is 5. The van der Waals surface area contributed by atoms with Gasteiger partial charge in [0.05, 0.1) is 0 Å². The summed E-state index contributed by atoms with van der Waals surface area (Å²) in [7, 11) is 0. The van der Waals surface area contributed by atoms with Gasteiger partial charge in [0.25, 0.3) is 0 Å². The molecule has 0 aromatic heterocycles. The normalized spacial score (nSPS) is 22.4. The molecule has 0 spiro atoms. The molecule has 5 heteroatoms. The molecule has 118 valence electrons. The topological polar surface area (TPSA) is 75.4 Å². The number of hydrogen-bond donors (Lipinski definition) is 2. The summed E-state index contributed by atoms with van der Waals surface area (Å²) >= 11 is 0. The van der Waals surface area contributed by atoms with Crippen LogP contribution in [0.1, 0.15) is 37.7 Å². The fraction of sp³-hybridized carbons (Fsp3) is 0.529. The Morgan fingerprint density at radius 3 is 2.64 bits per heavy atom. The summed E-state index contributed by atoms with van der Waals surface area (Å²) in [4.78, 5) is 25.8. The molecule has 1 heterocycles. The van der Waals surface area contributed by atoms with Crippen LogP contribution < -0.4 is 11.1 Å². The number of nitrogens with one attached hydrogen (secondary N) is 1. The van der Waals surface area contributed by atoms with Crippen LogP contribution in [0.2, 0.25) is 0 Å². The first-order chi connectivity index (χ1) is 10.6. The number of likely N-dealkylation sites (tertiary alicyclic amines) is 1. The lowest BCUT2D eigenvalue weighted by molar-refractivity contribution is -0.135. The van der Waals surface area contributed by atoms with Crippen molar-refractivity contribution in [3.05, 3.63) is 35.9 Å². The molecule has 1 saturated carbocycles. The number of hydrogen-bond acceptors (Lipinski definition) is 2. The molecule has 0 radical (unpaired) electrons. The van der Waals surface area contributed by atoms with Gasteiger partial charge in [-0.1, -0.05) is 30.3 Å². The Labute approximate surface area is 130 Å². The molecule has 5 nitrogen and oxygen atoms in total. The van der Waals surface area contributed by atoms with Crippen molar-refractivity contribution < 1.29 is 9.59 Å². The van der Waals surface area contributed by atoms with Gasteiger partial charge in [-0.2, -0.15) is 0 Å². The maximum absolute atomic E-state index is 12.7. The molecule has 3 amide bonds. The second-order valence-corrected chi connectivity index (χ2v) is 6.39. The van der Waals surface area contributed by atoms with E-state index in [1.807, 2.05) is 23.1 Å². The Morgan fingerprint density at radius 1 is 1.27 bits per heavy atom. The Hall–Kier alpha value is -2.04. The summed E-state index contributed by atoms with van der Waals surface area (Å²) in [6.45, 7) is 0.792. The van der Waals surface area contributed by atoms with Crippen LogP contribution in [0.3, 0.4) is 0 Å². The van der Waals surface area contributed by atoms with E-state index in [1.54, 1.807) is 0 Å². The highest BCUT2D eigenvalue weighted by molar-refractivity contribution is 5.93. The lowest BCUT2D eigenvalue weighted by Crippen LogP contribution is -2.53. The molecule has 1 unspecified atom stereocenters. The predicted molar refractivity (Wildman–Crippen MR) is 84.2 cm³/mol. The third kappa shape index (κ3) is 3.08. The van der Waals surface area contributed by atoms with Crippen LogP contribution in [0.4, 0.5) is 4.79 Å². The minimum absolute atomic E-state index is 0.0573. The zero-order valence-corrected chi connectivity index (χ0v) is 12.8. The highest BCUT2D eigenvalue weighted by Crippen LogP contribution is 2.39. The van der Waals surface area contributed by atoms with Crippen molar-refractivity contribution in [3.63, 3.8) is 0 Å². The predicted octanol–water partition coefficient (Wildman–Crippen LogP) is 1.81. The van der Waals surface area contributed by atoms with Gasteiger partial charge in [0.1, 0.15) is 5.54 Å². The minimum atomic E-state index is -0.707. The van der Waals surface area contributed by atoms with Crippen molar-refractivity contribution in [3.8, 4) is 0 Å².